The fourth-order valence-corrected chi connectivity index (χ4v) is 6.73. The average molecular weight is 562 g/mol. The summed E-state index contributed by atoms with van der Waals surface area (Å²) in [5.41, 5.74) is 2.31. The Labute approximate surface area is 228 Å². The first-order chi connectivity index (χ1) is 18.8. The Balaban J connectivity index is 1.24. The lowest BCUT2D eigenvalue weighted by Crippen LogP contribution is -2.30. The summed E-state index contributed by atoms with van der Waals surface area (Å²) in [5, 5.41) is 7.95. The number of amides is 1. The lowest BCUT2D eigenvalue weighted by atomic mass is 10.2. The van der Waals surface area contributed by atoms with Crippen LogP contribution in [0.3, 0.4) is 0 Å². The zero-order valence-electron chi connectivity index (χ0n) is 21.0. The molecule has 3 heterocycles. The Hall–Kier alpha value is -4.42. The van der Waals surface area contributed by atoms with Crippen molar-refractivity contribution in [1.29, 1.82) is 0 Å². The van der Waals surface area contributed by atoms with Gasteiger partial charge in [-0.3, -0.25) is 9.10 Å². The highest BCUT2D eigenvalue weighted by atomic mass is 32.2. The van der Waals surface area contributed by atoms with E-state index in [-0.39, 0.29) is 18.2 Å². The number of fused-ring (bicyclic) bond motifs is 2. The SMILES string of the molecule is CCN(c1ccccc1)S(=O)(=O)c1ccc(C(=O)Nc2cc(C)nn2-c2nc3cc4c(cc3s2)OCO4)cc1. The second kappa shape index (κ2) is 9.71. The van der Waals surface area contributed by atoms with Crippen LogP contribution in [0.1, 0.15) is 23.0 Å². The minimum Gasteiger partial charge on any atom is -0.454 e. The number of hydrogen-bond acceptors (Lipinski definition) is 8. The van der Waals surface area contributed by atoms with Gasteiger partial charge in [-0.15, -0.1) is 0 Å². The molecule has 6 rings (SSSR count). The largest absolute Gasteiger partial charge is 0.454 e. The van der Waals surface area contributed by atoms with E-state index < -0.39 is 15.9 Å². The van der Waals surface area contributed by atoms with Crippen LogP contribution in [-0.2, 0) is 10.0 Å². The van der Waals surface area contributed by atoms with Crippen LogP contribution in [-0.4, -0.2) is 42.4 Å². The number of sulfonamides is 1. The fourth-order valence-electron chi connectivity index (χ4n) is 4.31. The van der Waals surface area contributed by atoms with Gasteiger partial charge in [0.1, 0.15) is 5.82 Å². The molecule has 0 radical (unpaired) electrons. The topological polar surface area (TPSA) is 116 Å². The van der Waals surface area contributed by atoms with Gasteiger partial charge >= 0.3 is 0 Å². The highest BCUT2D eigenvalue weighted by molar-refractivity contribution is 7.92. The summed E-state index contributed by atoms with van der Waals surface area (Å²) < 4.78 is 41.2. The summed E-state index contributed by atoms with van der Waals surface area (Å²) in [6, 6.07) is 20.2. The smallest absolute Gasteiger partial charge is 0.264 e. The highest BCUT2D eigenvalue weighted by Gasteiger charge is 2.24. The van der Waals surface area contributed by atoms with Gasteiger partial charge in [0.15, 0.2) is 11.5 Å². The number of nitrogens with zero attached hydrogens (tertiary/aromatic N) is 4. The van der Waals surface area contributed by atoms with Crippen LogP contribution in [0.4, 0.5) is 11.5 Å². The van der Waals surface area contributed by atoms with Gasteiger partial charge in [0.25, 0.3) is 15.9 Å². The van der Waals surface area contributed by atoms with E-state index >= 15 is 0 Å². The number of benzene rings is 3. The average Bonchev–Trinajstić information content (AvgIpc) is 3.65. The second-order valence-corrected chi connectivity index (χ2v) is 11.6. The third-order valence-corrected chi connectivity index (χ3v) is 9.07. The third-order valence-electron chi connectivity index (χ3n) is 6.16. The zero-order valence-corrected chi connectivity index (χ0v) is 22.6. The monoisotopic (exact) mass is 561 g/mol. The molecule has 198 valence electrons. The first-order valence-electron chi connectivity index (χ1n) is 12.1. The van der Waals surface area contributed by atoms with E-state index in [1.807, 2.05) is 25.1 Å². The Kier molecular flexibility index (Phi) is 6.20. The van der Waals surface area contributed by atoms with Gasteiger partial charge in [-0.25, -0.2) is 13.4 Å². The molecule has 0 spiro atoms. The third kappa shape index (κ3) is 4.57. The van der Waals surface area contributed by atoms with Crippen LogP contribution in [0.2, 0.25) is 0 Å². The van der Waals surface area contributed by atoms with E-state index in [0.29, 0.717) is 39.4 Å². The maximum Gasteiger partial charge on any atom is 0.264 e. The normalized spacial score (nSPS) is 12.6. The van der Waals surface area contributed by atoms with Crippen LogP contribution in [0.25, 0.3) is 15.3 Å². The van der Waals surface area contributed by atoms with E-state index in [1.165, 1.54) is 39.9 Å². The molecule has 0 saturated carbocycles. The number of ether oxygens (including phenoxy) is 2. The molecule has 0 atom stereocenters. The molecule has 1 N–H and O–H groups in total. The molecule has 1 aliphatic rings. The van der Waals surface area contributed by atoms with E-state index in [9.17, 15) is 13.2 Å². The Bertz CT molecular complexity index is 1760. The Morgan fingerprint density at radius 3 is 2.49 bits per heavy atom. The number of rotatable bonds is 7. The molecule has 1 aliphatic heterocycles. The molecule has 0 aliphatic carbocycles. The predicted molar refractivity (Wildman–Crippen MR) is 149 cm³/mol. The van der Waals surface area contributed by atoms with Gasteiger partial charge < -0.3 is 14.8 Å². The lowest BCUT2D eigenvalue weighted by molar-refractivity contribution is 0.102. The van der Waals surface area contributed by atoms with Gasteiger partial charge in [-0.05, 0) is 50.2 Å². The summed E-state index contributed by atoms with van der Waals surface area (Å²) in [6.07, 6.45) is 0. The standard InChI is InChI=1S/C27H23N5O5S2/c1-3-31(19-7-5-4-6-8-19)39(34,35)20-11-9-18(10-12-20)26(33)29-25-13-17(2)30-32(25)27-28-21-14-22-23(37-16-36-22)15-24(21)38-27/h4-15H,3,16H2,1-2H3,(H,29,33). The zero-order chi connectivity index (χ0) is 27.1. The number of thiazole rings is 1. The van der Waals surface area contributed by atoms with Crippen LogP contribution in [0.15, 0.2) is 77.7 Å². The molecular weight excluding hydrogens is 538 g/mol. The van der Waals surface area contributed by atoms with Crippen molar-refractivity contribution < 1.29 is 22.7 Å². The number of para-hydroxylation sites is 1. The van der Waals surface area contributed by atoms with Crippen molar-refractivity contribution >= 4 is 49.0 Å². The van der Waals surface area contributed by atoms with Gasteiger partial charge in [0, 0.05) is 30.3 Å². The summed E-state index contributed by atoms with van der Waals surface area (Å²) in [4.78, 5) is 17.9. The van der Waals surface area contributed by atoms with E-state index in [1.54, 1.807) is 41.9 Å². The molecular formula is C27H23N5O5S2. The summed E-state index contributed by atoms with van der Waals surface area (Å²) in [6.45, 7) is 4.05. The molecule has 0 bridgehead atoms. The number of carbonyl (C=O) groups is 1. The first-order valence-corrected chi connectivity index (χ1v) is 14.4. The minimum absolute atomic E-state index is 0.0972. The molecule has 0 fully saturated rings. The highest BCUT2D eigenvalue weighted by Crippen LogP contribution is 2.39. The van der Waals surface area contributed by atoms with Gasteiger partial charge in [0.2, 0.25) is 11.9 Å². The number of nitrogens with one attached hydrogen (secondary N) is 1. The molecule has 1 amide bonds. The fraction of sp³-hybridized carbons (Fsp3) is 0.148. The number of aryl methyl sites for hydroxylation is 1. The maximum atomic E-state index is 13.3. The first kappa shape index (κ1) is 24.9. The van der Waals surface area contributed by atoms with Crippen molar-refractivity contribution in [2.75, 3.05) is 23.0 Å². The van der Waals surface area contributed by atoms with Crippen molar-refractivity contribution in [2.45, 2.75) is 18.7 Å². The van der Waals surface area contributed by atoms with E-state index in [4.69, 9.17) is 9.47 Å². The van der Waals surface area contributed by atoms with E-state index in [2.05, 4.69) is 15.4 Å². The van der Waals surface area contributed by atoms with Crippen molar-refractivity contribution in [1.82, 2.24) is 14.8 Å². The molecule has 12 heteroatoms. The van der Waals surface area contributed by atoms with E-state index in [0.717, 1.165) is 10.2 Å². The van der Waals surface area contributed by atoms with Crippen LogP contribution >= 0.6 is 11.3 Å². The van der Waals surface area contributed by atoms with Crippen LogP contribution in [0, 0.1) is 6.92 Å². The van der Waals surface area contributed by atoms with Gasteiger partial charge in [-0.2, -0.15) is 9.78 Å². The molecule has 39 heavy (non-hydrogen) atoms. The number of aromatic nitrogens is 3. The quantitative estimate of drug-likeness (QED) is 0.298. The summed E-state index contributed by atoms with van der Waals surface area (Å²) in [7, 11) is -3.80. The van der Waals surface area contributed by atoms with Crippen molar-refractivity contribution in [3.63, 3.8) is 0 Å². The molecule has 5 aromatic rings. The lowest BCUT2D eigenvalue weighted by Gasteiger charge is -2.23. The van der Waals surface area contributed by atoms with Crippen LogP contribution in [0.5, 0.6) is 11.5 Å². The van der Waals surface area contributed by atoms with Crippen molar-refractivity contribution in [3.8, 4) is 16.6 Å². The number of carbonyl (C=O) groups excluding carboxylic acids is 1. The second-order valence-electron chi connectivity index (χ2n) is 8.74. The van der Waals surface area contributed by atoms with Crippen LogP contribution < -0.4 is 19.1 Å². The molecule has 0 saturated heterocycles. The molecule has 3 aromatic carbocycles. The van der Waals surface area contributed by atoms with Gasteiger partial charge in [0.05, 0.1) is 26.5 Å². The van der Waals surface area contributed by atoms with Crippen molar-refractivity contribution in [3.05, 3.63) is 84.1 Å². The minimum atomic E-state index is -3.80. The Morgan fingerprint density at radius 1 is 1.05 bits per heavy atom. The predicted octanol–water partition coefficient (Wildman–Crippen LogP) is 4.99. The van der Waals surface area contributed by atoms with Crippen molar-refractivity contribution in [2.24, 2.45) is 0 Å². The number of hydrogen-bond donors (Lipinski definition) is 1. The molecule has 0 unspecified atom stereocenters. The Morgan fingerprint density at radius 2 is 1.77 bits per heavy atom. The number of anilines is 2. The molecule has 10 nitrogen and oxygen atoms in total. The summed E-state index contributed by atoms with van der Waals surface area (Å²) in [5.74, 6) is 1.34. The molecule has 2 aromatic heterocycles. The summed E-state index contributed by atoms with van der Waals surface area (Å²) >= 11 is 1.41. The maximum absolute atomic E-state index is 13.3. The van der Waals surface area contributed by atoms with Gasteiger partial charge in [-0.1, -0.05) is 29.5 Å².